The first-order chi connectivity index (χ1) is 19.1. The number of benzene rings is 2. The van der Waals surface area contributed by atoms with Crippen LogP contribution in [0.4, 0.5) is 0 Å². The van der Waals surface area contributed by atoms with Gasteiger partial charge >= 0.3 is 0 Å². The van der Waals surface area contributed by atoms with Crippen LogP contribution in [0.25, 0.3) is 23.3 Å². The van der Waals surface area contributed by atoms with Gasteiger partial charge in [-0.25, -0.2) is 0 Å². The van der Waals surface area contributed by atoms with Gasteiger partial charge in [-0.2, -0.15) is 0 Å². The van der Waals surface area contributed by atoms with Gasteiger partial charge in [0.2, 0.25) is 0 Å². The molecule has 0 radical (unpaired) electrons. The van der Waals surface area contributed by atoms with E-state index in [2.05, 4.69) is 98.8 Å². The van der Waals surface area contributed by atoms with Gasteiger partial charge in [-0.1, -0.05) is 74.5 Å². The molecule has 8 rings (SSSR count). The van der Waals surface area contributed by atoms with E-state index in [1.807, 2.05) is 0 Å². The van der Waals surface area contributed by atoms with Crippen molar-refractivity contribution in [2.75, 3.05) is 13.2 Å². The summed E-state index contributed by atoms with van der Waals surface area (Å²) in [5.41, 5.74) is 9.63. The van der Waals surface area contributed by atoms with Crippen LogP contribution in [0.2, 0.25) is 0 Å². The molecule has 0 aromatic heterocycles. The molecule has 2 saturated heterocycles. The molecule has 0 amide bonds. The first kappa shape index (κ1) is 23.5. The summed E-state index contributed by atoms with van der Waals surface area (Å²) in [6, 6.07) is 17.4. The maximum Gasteiger partial charge on any atom is 0.132 e. The maximum absolute atomic E-state index is 7.17. The van der Waals surface area contributed by atoms with Crippen LogP contribution < -0.4 is 0 Å². The number of fused-ring (bicyclic) bond motifs is 6. The number of hydrogen-bond acceptors (Lipinski definition) is 3. The van der Waals surface area contributed by atoms with Crippen LogP contribution in [0.3, 0.4) is 0 Å². The molecule has 39 heavy (non-hydrogen) atoms. The zero-order valence-corrected chi connectivity index (χ0v) is 22.7. The first-order valence-electron chi connectivity index (χ1n) is 14.6. The van der Waals surface area contributed by atoms with Crippen LogP contribution in [0.15, 0.2) is 95.5 Å². The minimum absolute atomic E-state index is 0.183. The largest absolute Gasteiger partial charge is 0.457 e. The fourth-order valence-electron chi connectivity index (χ4n) is 7.32. The number of hydrogen-bond donors (Lipinski definition) is 0. The Labute approximate surface area is 230 Å². The second-order valence-electron chi connectivity index (χ2n) is 11.8. The molecule has 0 bridgehead atoms. The smallest absolute Gasteiger partial charge is 0.132 e. The molecule has 4 unspecified atom stereocenters. The highest BCUT2D eigenvalue weighted by Gasteiger charge is 2.46. The molecule has 0 spiro atoms. The summed E-state index contributed by atoms with van der Waals surface area (Å²) in [4.78, 5) is 0. The Hall–Kier alpha value is -3.40. The highest BCUT2D eigenvalue weighted by atomic mass is 16.5. The summed E-state index contributed by atoms with van der Waals surface area (Å²) in [6.07, 6.45) is 18.7. The molecule has 4 atom stereocenters. The van der Waals surface area contributed by atoms with Gasteiger partial charge in [0.15, 0.2) is 0 Å². The van der Waals surface area contributed by atoms with Crippen LogP contribution in [-0.4, -0.2) is 25.4 Å². The molecule has 6 aliphatic rings. The fraction of sp³-hybridized carbons (Fsp3) is 0.333. The summed E-state index contributed by atoms with van der Waals surface area (Å²) in [5, 5.41) is 0. The maximum atomic E-state index is 7.17. The summed E-state index contributed by atoms with van der Waals surface area (Å²) in [6.45, 7) is 6.22. The van der Waals surface area contributed by atoms with Gasteiger partial charge in [0, 0.05) is 35.2 Å². The molecule has 2 aromatic rings. The zero-order chi connectivity index (χ0) is 26.2. The second kappa shape index (κ2) is 8.55. The van der Waals surface area contributed by atoms with E-state index >= 15 is 0 Å². The molecule has 2 heterocycles. The van der Waals surface area contributed by atoms with Crippen molar-refractivity contribution in [1.29, 1.82) is 0 Å². The van der Waals surface area contributed by atoms with Crippen molar-refractivity contribution < 1.29 is 14.2 Å². The van der Waals surface area contributed by atoms with E-state index in [0.29, 0.717) is 0 Å². The average molecular weight is 515 g/mol. The highest BCUT2D eigenvalue weighted by molar-refractivity contribution is 6.01. The minimum Gasteiger partial charge on any atom is -0.457 e. The molecule has 4 aliphatic carbocycles. The second-order valence-corrected chi connectivity index (χ2v) is 11.8. The van der Waals surface area contributed by atoms with Gasteiger partial charge in [0.25, 0.3) is 0 Å². The average Bonchev–Trinajstić information content (AvgIpc) is 3.45. The van der Waals surface area contributed by atoms with Gasteiger partial charge < -0.3 is 14.2 Å². The van der Waals surface area contributed by atoms with Gasteiger partial charge in [0.1, 0.15) is 11.5 Å². The van der Waals surface area contributed by atoms with E-state index < -0.39 is 0 Å². The number of allylic oxidation sites excluding steroid dienone is 2. The molecule has 2 fully saturated rings. The van der Waals surface area contributed by atoms with Crippen molar-refractivity contribution in [2.45, 2.75) is 51.7 Å². The lowest BCUT2D eigenvalue weighted by molar-refractivity contribution is -0.0982. The van der Waals surface area contributed by atoms with E-state index in [9.17, 15) is 0 Å². The van der Waals surface area contributed by atoms with E-state index in [-0.39, 0.29) is 23.0 Å². The van der Waals surface area contributed by atoms with Gasteiger partial charge in [-0.15, -0.1) is 0 Å². The van der Waals surface area contributed by atoms with Crippen molar-refractivity contribution >= 4 is 23.3 Å². The topological polar surface area (TPSA) is 27.7 Å². The lowest BCUT2D eigenvalue weighted by atomic mass is 9.70. The Morgan fingerprint density at radius 3 is 1.46 bits per heavy atom. The predicted octanol–water partition coefficient (Wildman–Crippen LogP) is 8.13. The molecule has 3 nitrogen and oxygen atoms in total. The molecule has 2 aromatic carbocycles. The van der Waals surface area contributed by atoms with Gasteiger partial charge in [-0.3, -0.25) is 0 Å². The molecule has 196 valence electrons. The molecule has 0 saturated carbocycles. The predicted molar refractivity (Wildman–Crippen MR) is 156 cm³/mol. The molecular weight excluding hydrogens is 480 g/mol. The van der Waals surface area contributed by atoms with Crippen LogP contribution in [0.5, 0.6) is 0 Å². The van der Waals surface area contributed by atoms with E-state index in [4.69, 9.17) is 14.2 Å². The fourth-order valence-corrected chi connectivity index (χ4v) is 7.32. The number of ether oxygens (including phenoxy) is 3. The monoisotopic (exact) mass is 514 g/mol. The summed E-state index contributed by atoms with van der Waals surface area (Å²) < 4.78 is 19.4. The third kappa shape index (κ3) is 3.36. The Kier molecular flexibility index (Phi) is 5.15. The quantitative estimate of drug-likeness (QED) is 0.389. The molecule has 2 aliphatic heterocycles. The number of rotatable bonds is 6. The SMILES string of the molecule is CCC1(C2CCO2)C=C(OC2=CC(CC)(C3CCO3)C=C3C2=Cc2ccccc23)C2=Cc3ccccc3C2=C1. The van der Waals surface area contributed by atoms with Crippen molar-refractivity contribution in [2.24, 2.45) is 10.8 Å². The third-order valence-electron chi connectivity index (χ3n) is 9.88. The zero-order valence-electron chi connectivity index (χ0n) is 22.7. The van der Waals surface area contributed by atoms with Crippen LogP contribution >= 0.6 is 0 Å². The molecule has 0 N–H and O–H groups in total. The normalized spacial score (nSPS) is 31.5. The molecular formula is C36H34O3. The van der Waals surface area contributed by atoms with Gasteiger partial charge in [-0.05, 0) is 83.4 Å². The lowest BCUT2D eigenvalue weighted by Crippen LogP contribution is -2.43. The first-order valence-corrected chi connectivity index (χ1v) is 14.6. The highest BCUT2D eigenvalue weighted by Crippen LogP contribution is 2.55. The Bertz CT molecular complexity index is 1450. The Balaban J connectivity index is 1.27. The van der Waals surface area contributed by atoms with Crippen molar-refractivity contribution in [1.82, 2.24) is 0 Å². The summed E-state index contributed by atoms with van der Waals surface area (Å²) in [7, 11) is 0. The minimum atomic E-state index is -0.183. The van der Waals surface area contributed by atoms with Gasteiger partial charge in [0.05, 0.1) is 12.2 Å². The lowest BCUT2D eigenvalue weighted by Gasteiger charge is -2.45. The molecule has 3 heteroatoms. The summed E-state index contributed by atoms with van der Waals surface area (Å²) in [5.74, 6) is 1.90. The van der Waals surface area contributed by atoms with Crippen molar-refractivity contribution in [3.05, 3.63) is 118 Å². The summed E-state index contributed by atoms with van der Waals surface area (Å²) >= 11 is 0. The Morgan fingerprint density at radius 1 is 0.641 bits per heavy atom. The van der Waals surface area contributed by atoms with E-state index in [0.717, 1.165) is 50.4 Å². The van der Waals surface area contributed by atoms with Crippen LogP contribution in [0.1, 0.15) is 61.8 Å². The van der Waals surface area contributed by atoms with Crippen molar-refractivity contribution in [3.63, 3.8) is 0 Å². The van der Waals surface area contributed by atoms with Crippen molar-refractivity contribution in [3.8, 4) is 0 Å². The van der Waals surface area contributed by atoms with Crippen LogP contribution in [-0.2, 0) is 14.2 Å². The van der Waals surface area contributed by atoms with E-state index in [1.54, 1.807) is 0 Å². The Morgan fingerprint density at radius 2 is 1.08 bits per heavy atom. The van der Waals surface area contributed by atoms with E-state index in [1.165, 1.54) is 44.5 Å². The van der Waals surface area contributed by atoms with Crippen LogP contribution in [0, 0.1) is 10.8 Å². The third-order valence-corrected chi connectivity index (χ3v) is 9.88. The standard InChI is InChI=1S/C36H34O3/c1-3-35(33-13-15-37-33)19-29-25-11-7-5-9-23(25)17-27(29)31(21-35)39-32-22-36(4-2,34-14-16-38-34)20-30-26-12-8-6-10-24(26)18-28(30)32/h5-12,17-22,33-34H,3-4,13-16H2,1-2H3.